The van der Waals surface area contributed by atoms with Gasteiger partial charge in [0.1, 0.15) is 5.78 Å². The Labute approximate surface area is 175 Å². The standard InChI is InChI=1S/C26H34N2O/c1-5-22(11-9-20(3)25-13-14-28-26(25)18-27)15-19(2)16-24-8-6-7-23(17-24)12-10-21(4)29/h5-9,11,13-14,17,19,26H,3,10,12,15-16,18,27H2,1-2,4H3/b11-9-,22-5+. The minimum atomic E-state index is 0.0374. The Hall–Kier alpha value is -2.52. The number of aryl methyl sites for hydroxylation is 1. The lowest BCUT2D eigenvalue weighted by Crippen LogP contribution is -2.18. The van der Waals surface area contributed by atoms with Gasteiger partial charge in [0.05, 0.1) is 6.04 Å². The van der Waals surface area contributed by atoms with Gasteiger partial charge in [-0.1, -0.05) is 61.6 Å². The second-order valence-electron chi connectivity index (χ2n) is 7.93. The third kappa shape index (κ3) is 7.43. The first kappa shape index (κ1) is 22.8. The van der Waals surface area contributed by atoms with E-state index in [-0.39, 0.29) is 11.8 Å². The molecule has 0 saturated carbocycles. The number of allylic oxidation sites excluding steroid dienone is 5. The van der Waals surface area contributed by atoms with Crippen molar-refractivity contribution in [3.63, 3.8) is 0 Å². The zero-order valence-corrected chi connectivity index (χ0v) is 18.0. The third-order valence-electron chi connectivity index (χ3n) is 5.27. The molecule has 2 rings (SSSR count). The number of nitrogens with zero attached hydrogens (tertiary/aromatic N) is 1. The molecule has 0 amide bonds. The highest BCUT2D eigenvalue weighted by Gasteiger charge is 2.15. The highest BCUT2D eigenvalue weighted by Crippen LogP contribution is 2.22. The lowest BCUT2D eigenvalue weighted by Gasteiger charge is -2.14. The summed E-state index contributed by atoms with van der Waals surface area (Å²) >= 11 is 0. The number of rotatable bonds is 11. The fourth-order valence-electron chi connectivity index (χ4n) is 3.62. The molecular formula is C26H34N2O. The van der Waals surface area contributed by atoms with E-state index in [2.05, 4.69) is 67.9 Å². The molecule has 1 heterocycles. The van der Waals surface area contributed by atoms with Crippen molar-refractivity contribution in [3.05, 3.63) is 83.0 Å². The number of nitrogens with two attached hydrogens (primary N) is 1. The fraction of sp³-hybridized carbons (Fsp3) is 0.385. The first-order valence-electron chi connectivity index (χ1n) is 10.5. The van der Waals surface area contributed by atoms with Crippen molar-refractivity contribution in [2.24, 2.45) is 16.6 Å². The van der Waals surface area contributed by atoms with Crippen LogP contribution in [0.25, 0.3) is 0 Å². The number of aliphatic imine (C=N–C) groups is 1. The van der Waals surface area contributed by atoms with E-state index in [4.69, 9.17) is 5.73 Å². The van der Waals surface area contributed by atoms with Crippen LogP contribution in [0.4, 0.5) is 0 Å². The summed E-state index contributed by atoms with van der Waals surface area (Å²) in [7, 11) is 0. The monoisotopic (exact) mass is 390 g/mol. The highest BCUT2D eigenvalue weighted by atomic mass is 16.1. The maximum atomic E-state index is 11.2. The maximum absolute atomic E-state index is 11.2. The van der Waals surface area contributed by atoms with Gasteiger partial charge in [-0.3, -0.25) is 4.99 Å². The van der Waals surface area contributed by atoms with E-state index in [1.165, 1.54) is 16.7 Å². The number of carbonyl (C=O) groups is 1. The minimum Gasteiger partial charge on any atom is -0.328 e. The van der Waals surface area contributed by atoms with Crippen LogP contribution in [0.2, 0.25) is 0 Å². The number of hydrogen-bond donors (Lipinski definition) is 1. The van der Waals surface area contributed by atoms with Crippen LogP contribution in [0, 0.1) is 5.92 Å². The van der Waals surface area contributed by atoms with E-state index in [1.54, 1.807) is 6.92 Å². The molecule has 0 saturated heterocycles. The van der Waals surface area contributed by atoms with E-state index in [1.807, 2.05) is 12.3 Å². The second kappa shape index (κ2) is 11.5. The van der Waals surface area contributed by atoms with Crippen LogP contribution in [0.3, 0.4) is 0 Å². The Morgan fingerprint density at radius 1 is 1.31 bits per heavy atom. The normalized spacial score (nSPS) is 17.6. The van der Waals surface area contributed by atoms with Gasteiger partial charge >= 0.3 is 0 Å². The Bertz CT molecular complexity index is 842. The molecule has 0 aromatic heterocycles. The Morgan fingerprint density at radius 3 is 2.76 bits per heavy atom. The average molecular weight is 391 g/mol. The van der Waals surface area contributed by atoms with Crippen LogP contribution in [-0.2, 0) is 17.6 Å². The number of carbonyl (C=O) groups excluding carboxylic acids is 1. The molecule has 1 aromatic carbocycles. The molecule has 0 bridgehead atoms. The fourth-order valence-corrected chi connectivity index (χ4v) is 3.62. The molecule has 154 valence electrons. The molecule has 0 fully saturated rings. The van der Waals surface area contributed by atoms with Crippen molar-refractivity contribution in [3.8, 4) is 0 Å². The van der Waals surface area contributed by atoms with Crippen molar-refractivity contribution >= 4 is 12.0 Å². The molecule has 0 aliphatic carbocycles. The Balaban J connectivity index is 1.91. The zero-order valence-electron chi connectivity index (χ0n) is 18.0. The largest absolute Gasteiger partial charge is 0.328 e. The van der Waals surface area contributed by atoms with Gasteiger partial charge in [-0.25, -0.2) is 0 Å². The summed E-state index contributed by atoms with van der Waals surface area (Å²) < 4.78 is 0. The van der Waals surface area contributed by atoms with Gasteiger partial charge in [0, 0.05) is 19.2 Å². The molecule has 3 nitrogen and oxygen atoms in total. The quantitative estimate of drug-likeness (QED) is 0.530. The molecule has 3 heteroatoms. The van der Waals surface area contributed by atoms with Crippen LogP contribution in [0.1, 0.15) is 44.7 Å². The van der Waals surface area contributed by atoms with Gasteiger partial charge < -0.3 is 10.5 Å². The summed E-state index contributed by atoms with van der Waals surface area (Å²) in [4.78, 5) is 15.6. The summed E-state index contributed by atoms with van der Waals surface area (Å²) in [5, 5.41) is 0. The Morgan fingerprint density at radius 2 is 2.07 bits per heavy atom. The smallest absolute Gasteiger partial charge is 0.130 e. The zero-order chi connectivity index (χ0) is 21.2. The molecule has 1 aliphatic rings. The van der Waals surface area contributed by atoms with E-state index in [0.717, 1.165) is 30.4 Å². The summed E-state index contributed by atoms with van der Waals surface area (Å²) in [6.45, 7) is 10.7. The van der Waals surface area contributed by atoms with Crippen molar-refractivity contribution in [2.45, 2.75) is 52.5 Å². The van der Waals surface area contributed by atoms with Gasteiger partial charge in [-0.05, 0) is 67.4 Å². The minimum absolute atomic E-state index is 0.0374. The number of ketones is 1. The number of hydrogen-bond acceptors (Lipinski definition) is 3. The van der Waals surface area contributed by atoms with Crippen molar-refractivity contribution in [1.29, 1.82) is 0 Å². The second-order valence-corrected chi connectivity index (χ2v) is 7.93. The Kier molecular flexibility index (Phi) is 9.01. The molecule has 1 aromatic rings. The molecule has 2 unspecified atom stereocenters. The van der Waals surface area contributed by atoms with E-state index >= 15 is 0 Å². The van der Waals surface area contributed by atoms with E-state index in [0.29, 0.717) is 18.9 Å². The maximum Gasteiger partial charge on any atom is 0.130 e. The third-order valence-corrected chi connectivity index (χ3v) is 5.27. The first-order valence-corrected chi connectivity index (χ1v) is 10.5. The van der Waals surface area contributed by atoms with Crippen LogP contribution in [0.5, 0.6) is 0 Å². The highest BCUT2D eigenvalue weighted by molar-refractivity contribution is 5.78. The van der Waals surface area contributed by atoms with Gasteiger partial charge in [-0.15, -0.1) is 0 Å². The van der Waals surface area contributed by atoms with Gasteiger partial charge in [0.15, 0.2) is 0 Å². The van der Waals surface area contributed by atoms with Crippen LogP contribution in [0.15, 0.2) is 76.9 Å². The molecule has 2 N–H and O–H groups in total. The summed E-state index contributed by atoms with van der Waals surface area (Å²) in [5.74, 6) is 0.764. The average Bonchev–Trinajstić information content (AvgIpc) is 3.18. The topological polar surface area (TPSA) is 55.5 Å². The number of benzene rings is 1. The number of Topliss-reactive ketones (excluding diaryl/α,β-unsaturated/α-hetero) is 1. The summed E-state index contributed by atoms with van der Waals surface area (Å²) in [6.07, 6.45) is 13.7. The molecule has 0 radical (unpaired) electrons. The predicted molar refractivity (Wildman–Crippen MR) is 124 cm³/mol. The van der Waals surface area contributed by atoms with Gasteiger partial charge in [0.2, 0.25) is 0 Å². The molecular weight excluding hydrogens is 356 g/mol. The molecule has 29 heavy (non-hydrogen) atoms. The van der Waals surface area contributed by atoms with Crippen LogP contribution < -0.4 is 5.73 Å². The van der Waals surface area contributed by atoms with Crippen LogP contribution in [-0.4, -0.2) is 24.6 Å². The van der Waals surface area contributed by atoms with Crippen molar-refractivity contribution in [2.75, 3.05) is 6.54 Å². The lowest BCUT2D eigenvalue weighted by molar-refractivity contribution is -0.116. The first-order chi connectivity index (χ1) is 13.9. The van der Waals surface area contributed by atoms with Gasteiger partial charge in [0.25, 0.3) is 0 Å². The summed E-state index contributed by atoms with van der Waals surface area (Å²) in [6, 6.07) is 8.67. The van der Waals surface area contributed by atoms with Gasteiger partial charge in [-0.2, -0.15) is 0 Å². The van der Waals surface area contributed by atoms with Crippen LogP contribution >= 0.6 is 0 Å². The van der Waals surface area contributed by atoms with E-state index in [9.17, 15) is 4.79 Å². The SMILES string of the molecule is C=C(/C=C\C(=C/C)CC(C)Cc1cccc(CCC(C)=O)c1)C1=CC=NC1CN. The van der Waals surface area contributed by atoms with Crippen molar-refractivity contribution in [1.82, 2.24) is 0 Å². The summed E-state index contributed by atoms with van der Waals surface area (Å²) in [5.41, 5.74) is 11.7. The molecule has 2 atom stereocenters. The lowest BCUT2D eigenvalue weighted by atomic mass is 9.92. The van der Waals surface area contributed by atoms with E-state index < -0.39 is 0 Å². The molecule has 0 spiro atoms. The van der Waals surface area contributed by atoms with Crippen molar-refractivity contribution < 1.29 is 4.79 Å². The predicted octanol–water partition coefficient (Wildman–Crippen LogP) is 5.17. The molecule has 1 aliphatic heterocycles.